The van der Waals surface area contributed by atoms with E-state index in [1.165, 1.54) is 0 Å². The Balaban J connectivity index is 1.31. The number of rotatable bonds is 13. The van der Waals surface area contributed by atoms with Crippen molar-refractivity contribution in [3.8, 4) is 16.9 Å². The molecule has 0 fully saturated rings. The molecule has 4 atom stereocenters. The number of aliphatic hydroxyl groups is 1. The van der Waals surface area contributed by atoms with Crippen LogP contribution in [0.2, 0.25) is 5.02 Å². The van der Waals surface area contributed by atoms with E-state index in [4.69, 9.17) is 25.8 Å². The lowest BCUT2D eigenvalue weighted by atomic mass is 9.95. The number of carboxylic acid groups (broad SMARTS) is 1. The molecule has 0 aliphatic carbocycles. The molecule has 5 aromatic rings. The van der Waals surface area contributed by atoms with Crippen LogP contribution in [0.25, 0.3) is 11.1 Å². The third kappa shape index (κ3) is 13.0. The summed E-state index contributed by atoms with van der Waals surface area (Å²) in [6.07, 6.45) is -4.08. The number of hydrogen-bond acceptors (Lipinski definition) is 9. The number of carbonyl (C=O) groups is 5. The second-order valence-electron chi connectivity index (χ2n) is 14.4. The summed E-state index contributed by atoms with van der Waals surface area (Å²) in [5.74, 6) is -2.78. The highest BCUT2D eigenvalue weighted by Gasteiger charge is 2.33. The monoisotopic (exact) mass is 848 g/mol. The number of carboxylic acids is 1. The molecule has 4 amide bonds. The number of ether oxygens (including phenoxy) is 3. The van der Waals surface area contributed by atoms with Crippen LogP contribution in [0.3, 0.4) is 0 Å². The third-order valence-corrected chi connectivity index (χ3v) is 10.2. The molecule has 1 heterocycles. The Labute approximate surface area is 357 Å². The highest BCUT2D eigenvalue weighted by molar-refractivity contribution is 6.31. The predicted octanol–water partition coefficient (Wildman–Crippen LogP) is 5.71. The van der Waals surface area contributed by atoms with Crippen LogP contribution in [0.5, 0.6) is 5.75 Å². The van der Waals surface area contributed by atoms with Gasteiger partial charge in [-0.1, -0.05) is 115 Å². The number of benzene rings is 5. The van der Waals surface area contributed by atoms with Crippen LogP contribution in [0.15, 0.2) is 127 Å². The molecule has 0 unspecified atom stereocenters. The van der Waals surface area contributed by atoms with E-state index in [0.29, 0.717) is 33.6 Å². The van der Waals surface area contributed by atoms with Gasteiger partial charge in [-0.2, -0.15) is 0 Å². The van der Waals surface area contributed by atoms with E-state index in [9.17, 15) is 34.2 Å². The van der Waals surface area contributed by atoms with Crippen molar-refractivity contribution >= 4 is 41.6 Å². The van der Waals surface area contributed by atoms with E-state index in [1.54, 1.807) is 78.9 Å². The molecule has 0 spiro atoms. The second kappa shape index (κ2) is 21.4. The van der Waals surface area contributed by atoms with Crippen LogP contribution >= 0.6 is 11.6 Å². The van der Waals surface area contributed by atoms with Crippen molar-refractivity contribution in [1.82, 2.24) is 21.3 Å². The van der Waals surface area contributed by atoms with Crippen LogP contribution in [0, 0.1) is 0 Å². The van der Waals surface area contributed by atoms with E-state index >= 15 is 0 Å². The summed E-state index contributed by atoms with van der Waals surface area (Å²) in [6, 6.07) is 33.3. The molecule has 0 radical (unpaired) electrons. The fourth-order valence-corrected chi connectivity index (χ4v) is 6.76. The maximum atomic E-state index is 14.4. The molecule has 0 saturated carbocycles. The largest absolute Gasteiger partial charge is 0.489 e. The lowest BCUT2D eigenvalue weighted by molar-refractivity contribution is -0.142. The maximum absolute atomic E-state index is 14.4. The molecule has 4 bridgehead atoms. The molecule has 6 N–H and O–H groups in total. The standard InChI is InChI=1S/C46H45ClN4O10/c47-37-18-16-32-20-34(37)22-40(44(55)56)50-43(54)39(24-36(52)25-48-45(57)60-27-30-12-6-2-7-13-30)49-42(53)38(51-46(58)61-28-31-14-8-3-9-15-31)23-35-21-33(32)17-19-41(35)59-26-29-10-4-1-5-11-29/h1-21,36,38-40,52H,22-28H2,(H,48,57)(H,49,53)(H,50,54)(H,51,58)(H,55,56)/t36-,38+,39+,40+/m1/s1. The van der Waals surface area contributed by atoms with Crippen molar-refractivity contribution in [1.29, 1.82) is 0 Å². The van der Waals surface area contributed by atoms with Crippen molar-refractivity contribution < 1.29 is 48.4 Å². The molecule has 0 aromatic heterocycles. The summed E-state index contributed by atoms with van der Waals surface area (Å²) in [5.41, 5.74) is 4.59. The van der Waals surface area contributed by atoms with Crippen LogP contribution < -0.4 is 26.0 Å². The molecule has 5 aromatic carbocycles. The minimum Gasteiger partial charge on any atom is -0.489 e. The molecule has 316 valence electrons. The molecule has 0 saturated heterocycles. The lowest BCUT2D eigenvalue weighted by Crippen LogP contribution is -2.57. The van der Waals surface area contributed by atoms with Gasteiger partial charge in [0, 0.05) is 30.8 Å². The Morgan fingerprint density at radius 2 is 1.25 bits per heavy atom. The van der Waals surface area contributed by atoms with Gasteiger partial charge in [0.05, 0.1) is 6.10 Å². The number of aliphatic hydroxyl groups excluding tert-OH is 1. The van der Waals surface area contributed by atoms with E-state index in [1.807, 2.05) is 48.5 Å². The Hall–Kier alpha value is -6.90. The van der Waals surface area contributed by atoms with Gasteiger partial charge in [-0.25, -0.2) is 14.4 Å². The van der Waals surface area contributed by atoms with Gasteiger partial charge in [0.2, 0.25) is 11.8 Å². The van der Waals surface area contributed by atoms with Crippen molar-refractivity contribution in [2.45, 2.75) is 63.3 Å². The topological polar surface area (TPSA) is 202 Å². The predicted molar refractivity (Wildman–Crippen MR) is 225 cm³/mol. The van der Waals surface area contributed by atoms with Crippen molar-refractivity contribution in [2.24, 2.45) is 0 Å². The Morgan fingerprint density at radius 3 is 1.85 bits per heavy atom. The second-order valence-corrected chi connectivity index (χ2v) is 14.8. The smallest absolute Gasteiger partial charge is 0.408 e. The number of aliphatic carboxylic acids is 1. The van der Waals surface area contributed by atoms with Gasteiger partial charge < -0.3 is 45.7 Å². The van der Waals surface area contributed by atoms with Crippen LogP contribution in [-0.4, -0.2) is 71.0 Å². The first-order valence-electron chi connectivity index (χ1n) is 19.5. The van der Waals surface area contributed by atoms with Gasteiger partial charge >= 0.3 is 18.2 Å². The van der Waals surface area contributed by atoms with Gasteiger partial charge in [0.25, 0.3) is 0 Å². The first-order valence-corrected chi connectivity index (χ1v) is 19.9. The summed E-state index contributed by atoms with van der Waals surface area (Å²) < 4.78 is 17.0. The molecule has 1 aliphatic rings. The first-order chi connectivity index (χ1) is 29.5. The van der Waals surface area contributed by atoms with Crippen molar-refractivity contribution in [3.63, 3.8) is 0 Å². The molecular formula is C46H45ClN4O10. The Kier molecular flexibility index (Phi) is 15.3. The zero-order valence-electron chi connectivity index (χ0n) is 32.9. The van der Waals surface area contributed by atoms with Crippen molar-refractivity contribution in [3.05, 3.63) is 160 Å². The normalized spacial score (nSPS) is 16.9. The molecular weight excluding hydrogens is 804 g/mol. The van der Waals surface area contributed by atoms with E-state index in [2.05, 4.69) is 21.3 Å². The minimum atomic E-state index is -1.57. The van der Waals surface area contributed by atoms with E-state index in [-0.39, 0.29) is 44.2 Å². The number of hydrogen-bond donors (Lipinski definition) is 6. The number of nitrogens with one attached hydrogen (secondary N) is 4. The number of alkyl carbamates (subject to hydrolysis) is 2. The van der Waals surface area contributed by atoms with Gasteiger partial charge in [0.1, 0.15) is 43.7 Å². The zero-order chi connectivity index (χ0) is 43.1. The third-order valence-electron chi connectivity index (χ3n) is 9.80. The molecule has 61 heavy (non-hydrogen) atoms. The fourth-order valence-electron chi connectivity index (χ4n) is 6.57. The first kappa shape index (κ1) is 43.7. The SMILES string of the molecule is O=C(NC[C@H](O)C[C@@H]1NC(=O)[C@@H](NC(=O)OCc2ccccc2)Cc2cc(ccc2OCc2ccccc2)-c2ccc(Cl)c(c2)C[C@@H](C(=O)O)NC1=O)OCc1ccccc1. The summed E-state index contributed by atoms with van der Waals surface area (Å²) in [6.45, 7) is -0.334. The van der Waals surface area contributed by atoms with Gasteiger partial charge in [-0.05, 0) is 63.2 Å². The summed E-state index contributed by atoms with van der Waals surface area (Å²) >= 11 is 6.58. The van der Waals surface area contributed by atoms with Gasteiger partial charge in [-0.3, -0.25) is 9.59 Å². The Bertz CT molecular complexity index is 2300. The highest BCUT2D eigenvalue weighted by Crippen LogP contribution is 2.32. The number of halogens is 1. The molecule has 6 rings (SSSR count). The highest BCUT2D eigenvalue weighted by atomic mass is 35.5. The number of carbonyl (C=O) groups excluding carboxylic acids is 4. The van der Waals surface area contributed by atoms with Crippen LogP contribution in [0.4, 0.5) is 9.59 Å². The average molecular weight is 849 g/mol. The Morgan fingerprint density at radius 1 is 0.689 bits per heavy atom. The number of fused-ring (bicyclic) bond motifs is 5. The summed E-state index contributed by atoms with van der Waals surface area (Å²) in [5, 5.41) is 31.7. The van der Waals surface area contributed by atoms with Crippen LogP contribution in [-0.2, 0) is 56.5 Å². The van der Waals surface area contributed by atoms with Crippen molar-refractivity contribution in [2.75, 3.05) is 6.54 Å². The van der Waals surface area contributed by atoms with Gasteiger partial charge in [0.15, 0.2) is 0 Å². The molecule has 14 nitrogen and oxygen atoms in total. The maximum Gasteiger partial charge on any atom is 0.408 e. The average Bonchev–Trinajstić information content (AvgIpc) is 3.27. The molecule has 15 heteroatoms. The minimum absolute atomic E-state index is 0.0303. The molecule has 1 aliphatic heterocycles. The summed E-state index contributed by atoms with van der Waals surface area (Å²) in [7, 11) is 0. The quantitative estimate of drug-likeness (QED) is 0.0853. The summed E-state index contributed by atoms with van der Waals surface area (Å²) in [4.78, 5) is 66.8. The van der Waals surface area contributed by atoms with E-state index in [0.717, 1.165) is 11.1 Å². The van der Waals surface area contributed by atoms with Gasteiger partial charge in [-0.15, -0.1) is 0 Å². The lowest BCUT2D eigenvalue weighted by Gasteiger charge is -2.26. The fraction of sp³-hybridized carbons (Fsp3) is 0.239. The van der Waals surface area contributed by atoms with E-state index < -0.39 is 60.6 Å². The van der Waals surface area contributed by atoms with Crippen LogP contribution in [0.1, 0.15) is 34.2 Å². The number of amides is 4. The zero-order valence-corrected chi connectivity index (χ0v) is 33.7.